The van der Waals surface area contributed by atoms with Crippen molar-refractivity contribution in [1.82, 2.24) is 24.8 Å². The molecule has 7 heteroatoms. The van der Waals surface area contributed by atoms with Gasteiger partial charge in [-0.25, -0.2) is 9.97 Å². The average molecular weight is 368 g/mol. The Morgan fingerprint density at radius 3 is 2.81 bits per heavy atom. The lowest BCUT2D eigenvalue weighted by Crippen LogP contribution is -2.37. The van der Waals surface area contributed by atoms with Gasteiger partial charge in [-0.2, -0.15) is 0 Å². The maximum absolute atomic E-state index is 11.8. The summed E-state index contributed by atoms with van der Waals surface area (Å²) >= 11 is 0. The first-order valence-corrected chi connectivity index (χ1v) is 9.45. The fraction of sp³-hybridized carbons (Fsp3) is 0.500. The molecule has 3 heterocycles. The predicted octanol–water partition coefficient (Wildman–Crippen LogP) is 2.20. The molecule has 27 heavy (non-hydrogen) atoms. The van der Waals surface area contributed by atoms with Gasteiger partial charge in [-0.15, -0.1) is 0 Å². The second-order valence-corrected chi connectivity index (χ2v) is 7.27. The molecular weight excluding hydrogens is 340 g/mol. The van der Waals surface area contributed by atoms with Crippen LogP contribution in [0.15, 0.2) is 24.5 Å². The van der Waals surface area contributed by atoms with Gasteiger partial charge in [0.1, 0.15) is 5.82 Å². The molecule has 0 spiro atoms. The number of carbonyl (C=O) groups is 1. The highest BCUT2D eigenvalue weighted by atomic mass is 16.2. The van der Waals surface area contributed by atoms with E-state index in [1.807, 2.05) is 17.0 Å². The van der Waals surface area contributed by atoms with Crippen molar-refractivity contribution >= 4 is 11.7 Å². The Morgan fingerprint density at radius 1 is 1.37 bits per heavy atom. The van der Waals surface area contributed by atoms with Gasteiger partial charge in [0, 0.05) is 49.6 Å². The molecule has 2 aromatic heterocycles. The van der Waals surface area contributed by atoms with E-state index in [2.05, 4.69) is 36.2 Å². The molecule has 7 nitrogen and oxygen atoms in total. The minimum Gasteiger partial charge on any atom is -0.366 e. The number of carbonyl (C=O) groups excluding carboxylic acids is 1. The summed E-state index contributed by atoms with van der Waals surface area (Å²) in [4.78, 5) is 29.7. The van der Waals surface area contributed by atoms with Crippen LogP contribution in [0, 0.1) is 0 Å². The van der Waals surface area contributed by atoms with Gasteiger partial charge in [-0.1, -0.05) is 6.92 Å². The van der Waals surface area contributed by atoms with E-state index in [1.165, 1.54) is 0 Å². The number of amides is 1. The number of hydrogen-bond donors (Lipinski definition) is 1. The molecule has 0 radical (unpaired) electrons. The second kappa shape index (κ2) is 8.43. The SMILES string of the molecule is CC[C@H](CN(C)C)Nc1nc(-c2cccnc2)nc2c1CCN(C(C)=O)C2. The van der Waals surface area contributed by atoms with E-state index in [9.17, 15) is 4.79 Å². The maximum Gasteiger partial charge on any atom is 0.219 e. The molecule has 2 aromatic rings. The number of fused-ring (bicyclic) bond motifs is 1. The Bertz CT molecular complexity index is 793. The predicted molar refractivity (Wildman–Crippen MR) is 106 cm³/mol. The quantitative estimate of drug-likeness (QED) is 0.843. The number of likely N-dealkylation sites (N-methyl/N-ethyl adjacent to an activating group) is 1. The first kappa shape index (κ1) is 19.2. The zero-order valence-corrected chi connectivity index (χ0v) is 16.6. The Hall–Kier alpha value is -2.54. The summed E-state index contributed by atoms with van der Waals surface area (Å²) in [5.41, 5.74) is 2.92. The minimum absolute atomic E-state index is 0.0794. The second-order valence-electron chi connectivity index (χ2n) is 7.27. The zero-order valence-electron chi connectivity index (χ0n) is 16.6. The molecular formula is C20H28N6O. The Morgan fingerprint density at radius 2 is 2.19 bits per heavy atom. The van der Waals surface area contributed by atoms with Crippen LogP contribution in [0.5, 0.6) is 0 Å². The highest BCUT2D eigenvalue weighted by Crippen LogP contribution is 2.27. The topological polar surface area (TPSA) is 74.2 Å². The number of hydrogen-bond acceptors (Lipinski definition) is 6. The number of anilines is 1. The first-order valence-electron chi connectivity index (χ1n) is 9.45. The smallest absolute Gasteiger partial charge is 0.219 e. The van der Waals surface area contributed by atoms with E-state index >= 15 is 0 Å². The number of rotatable bonds is 6. The van der Waals surface area contributed by atoms with Crippen molar-refractivity contribution in [2.75, 3.05) is 32.5 Å². The lowest BCUT2D eigenvalue weighted by molar-refractivity contribution is -0.129. The third-order valence-corrected chi connectivity index (χ3v) is 4.85. The van der Waals surface area contributed by atoms with Crippen molar-refractivity contribution in [3.63, 3.8) is 0 Å². The Balaban J connectivity index is 2.00. The van der Waals surface area contributed by atoms with Crippen molar-refractivity contribution in [3.05, 3.63) is 35.8 Å². The summed E-state index contributed by atoms with van der Waals surface area (Å²) in [6.07, 6.45) is 5.28. The standard InChI is InChI=1S/C20H28N6O/c1-5-16(12-25(3)4)22-20-17-8-10-26(14(2)27)13-18(17)23-19(24-20)15-7-6-9-21-11-15/h6-7,9,11,16H,5,8,10,12-13H2,1-4H3,(H,22,23,24)/t16-/m1/s1. The van der Waals surface area contributed by atoms with E-state index in [-0.39, 0.29) is 5.91 Å². The van der Waals surface area contributed by atoms with Crippen molar-refractivity contribution in [3.8, 4) is 11.4 Å². The largest absolute Gasteiger partial charge is 0.366 e. The van der Waals surface area contributed by atoms with Crippen molar-refractivity contribution in [2.24, 2.45) is 0 Å². The summed E-state index contributed by atoms with van der Waals surface area (Å²) in [5.74, 6) is 1.61. The Labute approximate surface area is 160 Å². The molecule has 0 fully saturated rings. The first-order chi connectivity index (χ1) is 13.0. The van der Waals surface area contributed by atoms with Gasteiger partial charge in [0.05, 0.1) is 12.2 Å². The van der Waals surface area contributed by atoms with Crippen LogP contribution in [-0.2, 0) is 17.8 Å². The minimum atomic E-state index is 0.0794. The van der Waals surface area contributed by atoms with Gasteiger partial charge >= 0.3 is 0 Å². The van der Waals surface area contributed by atoms with Crippen LogP contribution >= 0.6 is 0 Å². The summed E-state index contributed by atoms with van der Waals surface area (Å²) in [6.45, 7) is 5.94. The monoisotopic (exact) mass is 368 g/mol. The Kier molecular flexibility index (Phi) is 6.01. The van der Waals surface area contributed by atoms with Crippen LogP contribution in [0.2, 0.25) is 0 Å². The van der Waals surface area contributed by atoms with Crippen LogP contribution in [0.1, 0.15) is 31.5 Å². The van der Waals surface area contributed by atoms with Gasteiger partial charge in [0.2, 0.25) is 5.91 Å². The van der Waals surface area contributed by atoms with Crippen molar-refractivity contribution in [1.29, 1.82) is 0 Å². The van der Waals surface area contributed by atoms with Crippen LogP contribution in [0.4, 0.5) is 5.82 Å². The van der Waals surface area contributed by atoms with E-state index < -0.39 is 0 Å². The molecule has 0 unspecified atom stereocenters. The van der Waals surface area contributed by atoms with Crippen LogP contribution in [-0.4, -0.2) is 63.9 Å². The maximum atomic E-state index is 11.8. The lowest BCUT2D eigenvalue weighted by atomic mass is 10.0. The van der Waals surface area contributed by atoms with Gasteiger partial charge in [0.25, 0.3) is 0 Å². The number of nitrogens with one attached hydrogen (secondary N) is 1. The van der Waals surface area contributed by atoms with Crippen molar-refractivity contribution in [2.45, 2.75) is 39.3 Å². The zero-order chi connectivity index (χ0) is 19.4. The molecule has 1 N–H and O–H groups in total. The summed E-state index contributed by atoms with van der Waals surface area (Å²) < 4.78 is 0. The van der Waals surface area contributed by atoms with E-state index in [0.29, 0.717) is 25.0 Å². The molecule has 0 bridgehead atoms. The summed E-state index contributed by atoms with van der Waals surface area (Å²) in [6, 6.07) is 4.14. The van der Waals surface area contributed by atoms with E-state index in [1.54, 1.807) is 19.3 Å². The fourth-order valence-electron chi connectivity index (χ4n) is 3.35. The molecule has 1 amide bonds. The van der Waals surface area contributed by atoms with Gasteiger partial charge in [-0.05, 0) is 39.1 Å². The van der Waals surface area contributed by atoms with Crippen LogP contribution in [0.3, 0.4) is 0 Å². The van der Waals surface area contributed by atoms with E-state index in [4.69, 9.17) is 9.97 Å². The molecule has 3 rings (SSSR count). The van der Waals surface area contributed by atoms with Gasteiger partial charge < -0.3 is 15.1 Å². The average Bonchev–Trinajstić information content (AvgIpc) is 2.67. The molecule has 144 valence electrons. The lowest BCUT2D eigenvalue weighted by Gasteiger charge is -2.30. The van der Waals surface area contributed by atoms with Crippen LogP contribution in [0.25, 0.3) is 11.4 Å². The normalized spacial score (nSPS) is 14.8. The summed E-state index contributed by atoms with van der Waals surface area (Å²) in [7, 11) is 4.15. The highest BCUT2D eigenvalue weighted by Gasteiger charge is 2.25. The molecule has 0 aliphatic carbocycles. The van der Waals surface area contributed by atoms with Crippen LogP contribution < -0.4 is 5.32 Å². The fourth-order valence-corrected chi connectivity index (χ4v) is 3.35. The molecule has 0 aromatic carbocycles. The third kappa shape index (κ3) is 4.60. The third-order valence-electron chi connectivity index (χ3n) is 4.85. The number of aromatic nitrogens is 3. The molecule has 0 saturated carbocycles. The van der Waals surface area contributed by atoms with Gasteiger partial charge in [0.15, 0.2) is 5.82 Å². The summed E-state index contributed by atoms with van der Waals surface area (Å²) in [5, 5.41) is 3.63. The number of pyridine rings is 1. The highest BCUT2D eigenvalue weighted by molar-refractivity contribution is 5.74. The number of nitrogens with zero attached hydrogens (tertiary/aromatic N) is 5. The van der Waals surface area contributed by atoms with Gasteiger partial charge in [-0.3, -0.25) is 9.78 Å². The molecule has 1 aliphatic heterocycles. The molecule has 1 atom stereocenters. The van der Waals surface area contributed by atoms with E-state index in [0.717, 1.165) is 42.0 Å². The van der Waals surface area contributed by atoms with Crippen molar-refractivity contribution < 1.29 is 4.79 Å². The molecule has 0 saturated heterocycles. The molecule has 1 aliphatic rings.